The van der Waals surface area contributed by atoms with Crippen LogP contribution >= 0.6 is 0 Å². The van der Waals surface area contributed by atoms with Gasteiger partial charge in [0.15, 0.2) is 0 Å². The van der Waals surface area contributed by atoms with Gasteiger partial charge >= 0.3 is 0 Å². The molecular formula is C13H26N2. The summed E-state index contributed by atoms with van der Waals surface area (Å²) in [7, 11) is 2.25. The minimum Gasteiger partial charge on any atom is -0.330 e. The van der Waals surface area contributed by atoms with Crippen molar-refractivity contribution < 1.29 is 0 Å². The minimum atomic E-state index is 0.804. The van der Waals surface area contributed by atoms with Crippen LogP contribution in [0.15, 0.2) is 0 Å². The monoisotopic (exact) mass is 210 g/mol. The number of nitrogens with zero attached hydrogens (tertiary/aromatic N) is 1. The van der Waals surface area contributed by atoms with Crippen LogP contribution in [0.1, 0.15) is 38.5 Å². The molecule has 1 saturated carbocycles. The lowest BCUT2D eigenvalue weighted by Gasteiger charge is -2.29. The van der Waals surface area contributed by atoms with E-state index in [1.165, 1.54) is 51.6 Å². The fourth-order valence-corrected chi connectivity index (χ4v) is 3.62. The maximum absolute atomic E-state index is 5.96. The Morgan fingerprint density at radius 2 is 1.73 bits per heavy atom. The molecule has 1 aliphatic carbocycles. The van der Waals surface area contributed by atoms with Gasteiger partial charge in [0.1, 0.15) is 0 Å². The van der Waals surface area contributed by atoms with Crippen molar-refractivity contribution in [2.45, 2.75) is 38.5 Å². The quantitative estimate of drug-likeness (QED) is 0.756. The molecule has 2 unspecified atom stereocenters. The van der Waals surface area contributed by atoms with Crippen molar-refractivity contribution >= 4 is 0 Å². The van der Waals surface area contributed by atoms with Gasteiger partial charge in [-0.05, 0) is 57.3 Å². The highest BCUT2D eigenvalue weighted by Gasteiger charge is 2.32. The summed E-state index contributed by atoms with van der Waals surface area (Å²) in [5.41, 5.74) is 5.96. The molecule has 1 aliphatic heterocycles. The summed E-state index contributed by atoms with van der Waals surface area (Å²) in [5, 5.41) is 0. The van der Waals surface area contributed by atoms with Gasteiger partial charge in [-0.15, -0.1) is 0 Å². The fraction of sp³-hybridized carbons (Fsp3) is 1.00. The molecule has 0 aromatic carbocycles. The molecule has 15 heavy (non-hydrogen) atoms. The van der Waals surface area contributed by atoms with Crippen LogP contribution in [0.5, 0.6) is 0 Å². The second-order valence-electron chi connectivity index (χ2n) is 5.58. The largest absolute Gasteiger partial charge is 0.330 e. The van der Waals surface area contributed by atoms with E-state index in [0.29, 0.717) is 0 Å². The van der Waals surface area contributed by atoms with Crippen molar-refractivity contribution in [2.75, 3.05) is 26.7 Å². The third-order valence-corrected chi connectivity index (χ3v) is 4.64. The summed E-state index contributed by atoms with van der Waals surface area (Å²) in [6.45, 7) is 3.46. The van der Waals surface area contributed by atoms with Crippen molar-refractivity contribution in [3.05, 3.63) is 0 Å². The molecule has 0 aromatic rings. The second kappa shape index (κ2) is 5.31. The predicted octanol–water partition coefficient (Wildman–Crippen LogP) is 2.09. The van der Waals surface area contributed by atoms with Crippen LogP contribution in [0.2, 0.25) is 0 Å². The Morgan fingerprint density at radius 3 is 2.40 bits per heavy atom. The molecule has 0 aromatic heterocycles. The molecule has 0 radical (unpaired) electrons. The van der Waals surface area contributed by atoms with E-state index in [4.69, 9.17) is 5.73 Å². The zero-order valence-electron chi connectivity index (χ0n) is 10.1. The van der Waals surface area contributed by atoms with E-state index in [0.717, 1.165) is 24.3 Å². The molecule has 2 aliphatic rings. The highest BCUT2D eigenvalue weighted by molar-refractivity contribution is 4.84. The summed E-state index contributed by atoms with van der Waals surface area (Å²) in [6.07, 6.45) is 8.61. The van der Waals surface area contributed by atoms with Gasteiger partial charge in [0.25, 0.3) is 0 Å². The van der Waals surface area contributed by atoms with Crippen LogP contribution in [0.4, 0.5) is 0 Å². The van der Waals surface area contributed by atoms with Crippen LogP contribution in [0.25, 0.3) is 0 Å². The first-order chi connectivity index (χ1) is 7.31. The normalized spacial score (nSPS) is 35.6. The second-order valence-corrected chi connectivity index (χ2v) is 5.58. The number of hydrogen-bond donors (Lipinski definition) is 1. The molecule has 0 bridgehead atoms. The van der Waals surface area contributed by atoms with Crippen molar-refractivity contribution in [3.63, 3.8) is 0 Å². The van der Waals surface area contributed by atoms with Crippen LogP contribution < -0.4 is 5.73 Å². The Bertz CT molecular complexity index is 187. The van der Waals surface area contributed by atoms with Crippen LogP contribution in [0, 0.1) is 17.8 Å². The highest BCUT2D eigenvalue weighted by atomic mass is 15.1. The van der Waals surface area contributed by atoms with E-state index in [9.17, 15) is 0 Å². The highest BCUT2D eigenvalue weighted by Crippen LogP contribution is 2.39. The third-order valence-electron chi connectivity index (χ3n) is 4.64. The van der Waals surface area contributed by atoms with Crippen molar-refractivity contribution in [2.24, 2.45) is 23.5 Å². The molecule has 88 valence electrons. The lowest BCUT2D eigenvalue weighted by atomic mass is 9.77. The summed E-state index contributed by atoms with van der Waals surface area (Å²) in [4.78, 5) is 2.48. The van der Waals surface area contributed by atoms with E-state index in [2.05, 4.69) is 11.9 Å². The number of hydrogen-bond acceptors (Lipinski definition) is 2. The molecule has 2 N–H and O–H groups in total. The molecule has 0 amide bonds. The van der Waals surface area contributed by atoms with Gasteiger partial charge in [-0.3, -0.25) is 0 Å². The molecule has 1 saturated heterocycles. The Kier molecular flexibility index (Phi) is 4.04. The fourth-order valence-electron chi connectivity index (χ4n) is 3.62. The van der Waals surface area contributed by atoms with Crippen molar-refractivity contribution in [3.8, 4) is 0 Å². The molecule has 2 heteroatoms. The molecule has 1 heterocycles. The topological polar surface area (TPSA) is 29.3 Å². The smallest absolute Gasteiger partial charge is 0.00186 e. The lowest BCUT2D eigenvalue weighted by Crippen LogP contribution is -2.28. The van der Waals surface area contributed by atoms with Gasteiger partial charge in [-0.2, -0.15) is 0 Å². The Morgan fingerprint density at radius 1 is 1.07 bits per heavy atom. The minimum absolute atomic E-state index is 0.804. The van der Waals surface area contributed by atoms with Gasteiger partial charge in [-0.1, -0.05) is 25.7 Å². The maximum Gasteiger partial charge on any atom is -0.00186 e. The number of likely N-dealkylation sites (tertiary alicyclic amines) is 1. The lowest BCUT2D eigenvalue weighted by molar-refractivity contribution is 0.224. The Balaban J connectivity index is 1.98. The summed E-state index contributed by atoms with van der Waals surface area (Å²) in [5.74, 6) is 2.74. The van der Waals surface area contributed by atoms with E-state index < -0.39 is 0 Å². The standard InChI is InChI=1S/C13H26N2/c1-15-8-6-12(10-14)13(7-9-15)11-4-2-3-5-11/h11-13H,2-10,14H2,1H3. The molecule has 0 spiro atoms. The van der Waals surface area contributed by atoms with Gasteiger partial charge in [-0.25, -0.2) is 0 Å². The molecular weight excluding hydrogens is 184 g/mol. The van der Waals surface area contributed by atoms with Crippen LogP contribution in [-0.2, 0) is 0 Å². The summed E-state index contributed by atoms with van der Waals surface area (Å²) >= 11 is 0. The molecule has 2 atom stereocenters. The summed E-state index contributed by atoms with van der Waals surface area (Å²) < 4.78 is 0. The molecule has 2 nitrogen and oxygen atoms in total. The first-order valence-electron chi connectivity index (χ1n) is 6.70. The SMILES string of the molecule is CN1CCC(CN)C(C2CCCC2)CC1. The van der Waals surface area contributed by atoms with Crippen molar-refractivity contribution in [1.29, 1.82) is 0 Å². The zero-order chi connectivity index (χ0) is 10.7. The average molecular weight is 210 g/mol. The van der Waals surface area contributed by atoms with Gasteiger partial charge in [0.05, 0.1) is 0 Å². The van der Waals surface area contributed by atoms with Crippen LogP contribution in [-0.4, -0.2) is 31.6 Å². The van der Waals surface area contributed by atoms with Gasteiger partial charge in [0, 0.05) is 0 Å². The Hall–Kier alpha value is -0.0800. The van der Waals surface area contributed by atoms with Crippen LogP contribution in [0.3, 0.4) is 0 Å². The first-order valence-corrected chi connectivity index (χ1v) is 6.70. The number of rotatable bonds is 2. The van der Waals surface area contributed by atoms with E-state index in [-0.39, 0.29) is 0 Å². The third kappa shape index (κ3) is 2.73. The van der Waals surface area contributed by atoms with E-state index in [1.54, 1.807) is 0 Å². The van der Waals surface area contributed by atoms with E-state index in [1.807, 2.05) is 0 Å². The summed E-state index contributed by atoms with van der Waals surface area (Å²) in [6, 6.07) is 0. The maximum atomic E-state index is 5.96. The number of nitrogens with two attached hydrogens (primary N) is 1. The first kappa shape index (κ1) is 11.4. The van der Waals surface area contributed by atoms with Gasteiger partial charge < -0.3 is 10.6 Å². The van der Waals surface area contributed by atoms with E-state index >= 15 is 0 Å². The van der Waals surface area contributed by atoms with Crippen molar-refractivity contribution in [1.82, 2.24) is 4.90 Å². The Labute approximate surface area is 94.2 Å². The molecule has 2 fully saturated rings. The molecule has 2 rings (SSSR count). The van der Waals surface area contributed by atoms with Gasteiger partial charge in [0.2, 0.25) is 0 Å². The average Bonchev–Trinajstić information content (AvgIpc) is 2.69. The predicted molar refractivity (Wildman–Crippen MR) is 64.7 cm³/mol. The zero-order valence-corrected chi connectivity index (χ0v) is 10.1.